The molecule has 0 atom stereocenters. The van der Waals surface area contributed by atoms with Gasteiger partial charge in [-0.25, -0.2) is 9.98 Å². The first-order chi connectivity index (χ1) is 12.6. The molecule has 138 valence electrons. The Morgan fingerprint density at radius 2 is 2.15 bits per heavy atom. The van der Waals surface area contributed by atoms with Crippen LogP contribution in [0.1, 0.15) is 19.4 Å². The minimum absolute atomic E-state index is 0.583. The number of hydrogen-bond donors (Lipinski definition) is 1. The van der Waals surface area contributed by atoms with Crippen molar-refractivity contribution in [1.82, 2.24) is 24.7 Å². The van der Waals surface area contributed by atoms with Gasteiger partial charge in [0.2, 0.25) is 5.95 Å². The van der Waals surface area contributed by atoms with Gasteiger partial charge in [0.1, 0.15) is 16.5 Å². The SMILES string of the molecule is CCOCCn1ncc2nc(N(C)CC)nc(/N=c3/cc(C)cc[nH]3)c21. The highest BCUT2D eigenvalue weighted by molar-refractivity contribution is 5.85. The molecule has 0 aliphatic carbocycles. The Morgan fingerprint density at radius 3 is 2.88 bits per heavy atom. The van der Waals surface area contributed by atoms with Gasteiger partial charge in [-0.05, 0) is 38.5 Å². The lowest BCUT2D eigenvalue weighted by molar-refractivity contribution is 0.137. The first kappa shape index (κ1) is 18.1. The molecular formula is C18H25N7O. The van der Waals surface area contributed by atoms with E-state index in [-0.39, 0.29) is 0 Å². The Hall–Kier alpha value is -2.74. The first-order valence-electron chi connectivity index (χ1n) is 8.84. The molecule has 0 saturated heterocycles. The Bertz CT molecular complexity index is 944. The summed E-state index contributed by atoms with van der Waals surface area (Å²) in [6, 6.07) is 3.98. The zero-order chi connectivity index (χ0) is 18.5. The molecule has 1 N–H and O–H groups in total. The van der Waals surface area contributed by atoms with Crippen molar-refractivity contribution in [3.63, 3.8) is 0 Å². The summed E-state index contributed by atoms with van der Waals surface area (Å²) in [6.07, 6.45) is 3.63. The number of ether oxygens (including phenoxy) is 1. The van der Waals surface area contributed by atoms with Crippen molar-refractivity contribution < 1.29 is 4.74 Å². The fourth-order valence-electron chi connectivity index (χ4n) is 2.57. The third kappa shape index (κ3) is 3.91. The second kappa shape index (κ2) is 8.09. The van der Waals surface area contributed by atoms with Gasteiger partial charge in [0.05, 0.1) is 19.3 Å². The number of pyridine rings is 1. The molecule has 0 fully saturated rings. The average Bonchev–Trinajstić information content (AvgIpc) is 3.04. The van der Waals surface area contributed by atoms with Crippen LogP contribution in [-0.2, 0) is 11.3 Å². The van der Waals surface area contributed by atoms with Gasteiger partial charge < -0.3 is 14.6 Å². The highest BCUT2D eigenvalue weighted by Crippen LogP contribution is 2.25. The lowest BCUT2D eigenvalue weighted by Crippen LogP contribution is -2.19. The number of rotatable bonds is 7. The maximum Gasteiger partial charge on any atom is 0.227 e. The molecule has 0 spiro atoms. The van der Waals surface area contributed by atoms with Crippen molar-refractivity contribution in [2.45, 2.75) is 27.3 Å². The number of hydrogen-bond acceptors (Lipinski definition) is 6. The molecule has 3 heterocycles. The van der Waals surface area contributed by atoms with Crippen LogP contribution < -0.4 is 10.4 Å². The fourth-order valence-corrected chi connectivity index (χ4v) is 2.57. The van der Waals surface area contributed by atoms with Gasteiger partial charge in [-0.3, -0.25) is 4.68 Å². The van der Waals surface area contributed by atoms with E-state index in [0.717, 1.165) is 28.6 Å². The summed E-state index contributed by atoms with van der Waals surface area (Å²) in [5, 5.41) is 4.46. The largest absolute Gasteiger partial charge is 0.380 e. The van der Waals surface area contributed by atoms with Gasteiger partial charge in [-0.1, -0.05) is 0 Å². The van der Waals surface area contributed by atoms with Gasteiger partial charge in [-0.15, -0.1) is 0 Å². The van der Waals surface area contributed by atoms with Crippen LogP contribution in [0.3, 0.4) is 0 Å². The van der Waals surface area contributed by atoms with Crippen molar-refractivity contribution in [2.75, 3.05) is 31.7 Å². The molecule has 0 bridgehead atoms. The summed E-state index contributed by atoms with van der Waals surface area (Å²) in [4.78, 5) is 19.2. The molecular weight excluding hydrogens is 330 g/mol. The first-order valence-corrected chi connectivity index (χ1v) is 8.84. The van der Waals surface area contributed by atoms with Crippen molar-refractivity contribution in [3.8, 4) is 0 Å². The van der Waals surface area contributed by atoms with Crippen molar-refractivity contribution >= 4 is 22.8 Å². The Labute approximate surface area is 152 Å². The van der Waals surface area contributed by atoms with Crippen LogP contribution in [0.4, 0.5) is 11.8 Å². The maximum absolute atomic E-state index is 5.46. The molecule has 0 saturated carbocycles. The van der Waals surface area contributed by atoms with Crippen molar-refractivity contribution in [3.05, 3.63) is 35.6 Å². The molecule has 0 aliphatic rings. The van der Waals surface area contributed by atoms with Gasteiger partial charge >= 0.3 is 0 Å². The number of aromatic amines is 1. The standard InChI is InChI=1S/C18H25N7O/c1-5-24(4)18-21-14-12-20-25(9-10-26-6-2)16(14)17(23-18)22-15-11-13(3)7-8-19-15/h7-8,11-12H,5-6,9-10H2,1-4H3,(H,19,21,22,23). The zero-order valence-corrected chi connectivity index (χ0v) is 15.7. The summed E-state index contributed by atoms with van der Waals surface area (Å²) < 4.78 is 7.32. The van der Waals surface area contributed by atoms with E-state index in [9.17, 15) is 0 Å². The van der Waals surface area contributed by atoms with Gasteiger partial charge in [0.15, 0.2) is 5.82 Å². The predicted octanol–water partition coefficient (Wildman–Crippen LogP) is 2.19. The van der Waals surface area contributed by atoms with E-state index in [4.69, 9.17) is 9.73 Å². The number of nitrogens with zero attached hydrogens (tertiary/aromatic N) is 6. The number of nitrogens with one attached hydrogen (secondary N) is 1. The van der Waals surface area contributed by atoms with E-state index in [1.165, 1.54) is 0 Å². The highest BCUT2D eigenvalue weighted by atomic mass is 16.5. The van der Waals surface area contributed by atoms with E-state index in [0.29, 0.717) is 31.5 Å². The lowest BCUT2D eigenvalue weighted by Gasteiger charge is -2.15. The molecule has 0 radical (unpaired) electrons. The monoisotopic (exact) mass is 355 g/mol. The van der Waals surface area contributed by atoms with Crippen molar-refractivity contribution in [2.24, 2.45) is 4.99 Å². The summed E-state index contributed by atoms with van der Waals surface area (Å²) >= 11 is 0. The molecule has 0 aromatic carbocycles. The van der Waals surface area contributed by atoms with E-state index < -0.39 is 0 Å². The molecule has 8 heteroatoms. The fraction of sp³-hybridized carbons (Fsp3) is 0.444. The van der Waals surface area contributed by atoms with E-state index >= 15 is 0 Å². The molecule has 3 aromatic rings. The van der Waals surface area contributed by atoms with Crippen LogP contribution in [0.15, 0.2) is 29.5 Å². The molecule has 3 rings (SSSR count). The van der Waals surface area contributed by atoms with Crippen LogP contribution in [0.2, 0.25) is 0 Å². The number of H-pyrrole nitrogens is 1. The van der Waals surface area contributed by atoms with Crippen LogP contribution in [0.5, 0.6) is 0 Å². The van der Waals surface area contributed by atoms with Crippen LogP contribution in [0, 0.1) is 6.92 Å². The third-order valence-corrected chi connectivity index (χ3v) is 4.09. The molecule has 3 aromatic heterocycles. The van der Waals surface area contributed by atoms with E-state index in [1.807, 2.05) is 48.8 Å². The highest BCUT2D eigenvalue weighted by Gasteiger charge is 2.15. The number of anilines is 1. The van der Waals surface area contributed by atoms with Gasteiger partial charge in [0.25, 0.3) is 0 Å². The van der Waals surface area contributed by atoms with E-state index in [1.54, 1.807) is 6.20 Å². The second-order valence-electron chi connectivity index (χ2n) is 6.02. The third-order valence-electron chi connectivity index (χ3n) is 4.09. The minimum atomic E-state index is 0.583. The Kier molecular flexibility index (Phi) is 5.62. The molecule has 8 nitrogen and oxygen atoms in total. The second-order valence-corrected chi connectivity index (χ2v) is 6.02. The maximum atomic E-state index is 5.46. The smallest absolute Gasteiger partial charge is 0.227 e. The molecule has 0 unspecified atom stereocenters. The van der Waals surface area contributed by atoms with Crippen LogP contribution in [-0.4, -0.2) is 51.5 Å². The summed E-state index contributed by atoms with van der Waals surface area (Å²) in [5.41, 5.74) is 3.46. The zero-order valence-electron chi connectivity index (χ0n) is 15.7. The predicted molar refractivity (Wildman–Crippen MR) is 102 cm³/mol. The quantitative estimate of drug-likeness (QED) is 0.657. The summed E-state index contributed by atoms with van der Waals surface area (Å²) in [6.45, 7) is 8.76. The van der Waals surface area contributed by atoms with Crippen LogP contribution in [0.25, 0.3) is 11.0 Å². The van der Waals surface area contributed by atoms with E-state index in [2.05, 4.69) is 27.0 Å². The van der Waals surface area contributed by atoms with Crippen LogP contribution >= 0.6 is 0 Å². The summed E-state index contributed by atoms with van der Waals surface area (Å²) in [7, 11) is 1.96. The number of fused-ring (bicyclic) bond motifs is 1. The average molecular weight is 355 g/mol. The normalized spacial score (nSPS) is 12.1. The Morgan fingerprint density at radius 1 is 1.31 bits per heavy atom. The Balaban J connectivity index is 2.15. The van der Waals surface area contributed by atoms with Crippen molar-refractivity contribution in [1.29, 1.82) is 0 Å². The summed E-state index contributed by atoms with van der Waals surface area (Å²) in [5.74, 6) is 1.23. The topological polar surface area (TPSA) is 84.2 Å². The molecule has 0 amide bonds. The molecule has 0 aliphatic heterocycles. The lowest BCUT2D eigenvalue weighted by atomic mass is 10.3. The van der Waals surface area contributed by atoms with Gasteiger partial charge in [-0.2, -0.15) is 10.1 Å². The number of aromatic nitrogens is 5. The number of aryl methyl sites for hydroxylation is 1. The minimum Gasteiger partial charge on any atom is -0.380 e. The van der Waals surface area contributed by atoms with Gasteiger partial charge in [0, 0.05) is 26.4 Å². The molecule has 26 heavy (non-hydrogen) atoms.